The number of aromatic nitrogens is 2. The lowest BCUT2D eigenvalue weighted by molar-refractivity contribution is -0.396. The molecule has 1 heterocycles. The fraction of sp³-hybridized carbons (Fsp3) is 0.500. The third-order valence-electron chi connectivity index (χ3n) is 1.43. The minimum Gasteiger partial charge on any atom is -0.396 e. The van der Waals surface area contributed by atoms with E-state index in [4.69, 9.17) is 5.11 Å². The van der Waals surface area contributed by atoms with Crippen LogP contribution in [0.2, 0.25) is 0 Å². The number of nitrogens with zero attached hydrogens (tertiary/aromatic N) is 3. The van der Waals surface area contributed by atoms with Crippen molar-refractivity contribution < 1.29 is 10.0 Å². The number of hydrogen-bond donors (Lipinski definition) is 1. The van der Waals surface area contributed by atoms with Gasteiger partial charge in [0.15, 0.2) is 5.69 Å². The van der Waals surface area contributed by atoms with Crippen LogP contribution in [0.4, 0.5) is 5.95 Å². The van der Waals surface area contributed by atoms with Crippen LogP contribution >= 0.6 is 0 Å². The van der Waals surface area contributed by atoms with Crippen molar-refractivity contribution in [1.29, 1.82) is 0 Å². The molecule has 0 amide bonds. The summed E-state index contributed by atoms with van der Waals surface area (Å²) >= 11 is 0. The maximum Gasteiger partial charge on any atom is 0.434 e. The lowest BCUT2D eigenvalue weighted by Crippen LogP contribution is -1.96. The number of hydrogen-bond acceptors (Lipinski definition) is 4. The van der Waals surface area contributed by atoms with Gasteiger partial charge in [0, 0.05) is 6.42 Å². The Bertz CT molecular complexity index is 294. The van der Waals surface area contributed by atoms with Crippen molar-refractivity contribution in [3.8, 4) is 0 Å². The summed E-state index contributed by atoms with van der Waals surface area (Å²) in [5.41, 5.74) is 0.534. The first kappa shape index (κ1) is 8.66. The Balaban J connectivity index is 2.92. The molecule has 0 radical (unpaired) electrons. The zero-order valence-electron chi connectivity index (χ0n) is 6.60. The summed E-state index contributed by atoms with van der Waals surface area (Å²) in [6.07, 6.45) is 1.88. The van der Waals surface area contributed by atoms with Crippen molar-refractivity contribution >= 4 is 5.95 Å². The van der Waals surface area contributed by atoms with E-state index in [0.29, 0.717) is 12.1 Å². The van der Waals surface area contributed by atoms with Crippen LogP contribution in [-0.4, -0.2) is 26.2 Å². The first-order valence-electron chi connectivity index (χ1n) is 3.42. The van der Waals surface area contributed by atoms with E-state index in [0.717, 1.165) is 0 Å². The molecule has 0 fully saturated rings. The number of aryl methyl sites for hydroxylation is 1. The highest BCUT2D eigenvalue weighted by Crippen LogP contribution is 2.09. The molecule has 0 bridgehead atoms. The molecule has 0 saturated carbocycles. The maximum absolute atomic E-state index is 10.3. The van der Waals surface area contributed by atoms with Gasteiger partial charge >= 0.3 is 5.95 Å². The molecule has 0 aromatic carbocycles. The van der Waals surface area contributed by atoms with Gasteiger partial charge in [0.2, 0.25) is 0 Å². The normalized spacial score (nSPS) is 10.2. The number of aliphatic hydroxyl groups is 1. The lowest BCUT2D eigenvalue weighted by Gasteiger charge is -1.90. The molecule has 0 aliphatic carbocycles. The summed E-state index contributed by atoms with van der Waals surface area (Å²) in [4.78, 5) is 13.4. The Morgan fingerprint density at radius 1 is 1.83 bits per heavy atom. The van der Waals surface area contributed by atoms with Crippen molar-refractivity contribution in [1.82, 2.24) is 9.55 Å². The Kier molecular flexibility index (Phi) is 2.39. The van der Waals surface area contributed by atoms with Crippen LogP contribution in [-0.2, 0) is 13.5 Å². The molecule has 12 heavy (non-hydrogen) atoms. The first-order valence-corrected chi connectivity index (χ1v) is 3.42. The van der Waals surface area contributed by atoms with Crippen LogP contribution in [0.3, 0.4) is 0 Å². The highest BCUT2D eigenvalue weighted by molar-refractivity contribution is 5.13. The quantitative estimate of drug-likeness (QED) is 0.507. The van der Waals surface area contributed by atoms with Crippen LogP contribution in [0, 0.1) is 10.1 Å². The van der Waals surface area contributed by atoms with E-state index in [2.05, 4.69) is 4.98 Å². The van der Waals surface area contributed by atoms with Crippen LogP contribution in [0.15, 0.2) is 6.20 Å². The van der Waals surface area contributed by atoms with Crippen molar-refractivity contribution in [2.45, 2.75) is 6.42 Å². The summed E-state index contributed by atoms with van der Waals surface area (Å²) in [7, 11) is 1.55. The summed E-state index contributed by atoms with van der Waals surface area (Å²) in [5.74, 6) is -0.196. The van der Waals surface area contributed by atoms with Gasteiger partial charge in [-0.2, -0.15) is 0 Å². The Morgan fingerprint density at radius 3 is 2.92 bits per heavy atom. The third-order valence-corrected chi connectivity index (χ3v) is 1.43. The van der Waals surface area contributed by atoms with Gasteiger partial charge in [0.05, 0.1) is 13.7 Å². The molecule has 6 nitrogen and oxygen atoms in total. The van der Waals surface area contributed by atoms with Gasteiger partial charge in [-0.05, 0) is 4.92 Å². The van der Waals surface area contributed by atoms with Crippen LogP contribution < -0.4 is 0 Å². The van der Waals surface area contributed by atoms with Crippen molar-refractivity contribution in [3.05, 3.63) is 22.0 Å². The maximum atomic E-state index is 10.3. The predicted octanol–water partition coefficient (Wildman–Crippen LogP) is -0.137. The van der Waals surface area contributed by atoms with E-state index >= 15 is 0 Å². The molecular formula is C6H9N3O3. The zero-order chi connectivity index (χ0) is 9.14. The van der Waals surface area contributed by atoms with Gasteiger partial charge in [0.1, 0.15) is 6.20 Å². The number of imidazole rings is 1. The average Bonchev–Trinajstić information content (AvgIpc) is 2.32. The smallest absolute Gasteiger partial charge is 0.396 e. The molecule has 0 atom stereocenters. The molecule has 1 N–H and O–H groups in total. The van der Waals surface area contributed by atoms with E-state index in [-0.39, 0.29) is 12.6 Å². The van der Waals surface area contributed by atoms with E-state index in [1.54, 1.807) is 7.05 Å². The zero-order valence-corrected chi connectivity index (χ0v) is 6.60. The molecule has 0 aliphatic heterocycles. The monoisotopic (exact) mass is 171 g/mol. The molecule has 66 valence electrons. The van der Waals surface area contributed by atoms with Gasteiger partial charge in [-0.3, -0.25) is 0 Å². The summed E-state index contributed by atoms with van der Waals surface area (Å²) in [6, 6.07) is 0. The van der Waals surface area contributed by atoms with Crippen LogP contribution in [0.5, 0.6) is 0 Å². The molecule has 0 unspecified atom stereocenters. The predicted molar refractivity (Wildman–Crippen MR) is 40.7 cm³/mol. The summed E-state index contributed by atoms with van der Waals surface area (Å²) in [6.45, 7) is -0.0475. The van der Waals surface area contributed by atoms with Crippen molar-refractivity contribution in [3.63, 3.8) is 0 Å². The van der Waals surface area contributed by atoms with Gasteiger partial charge in [-0.15, -0.1) is 0 Å². The fourth-order valence-electron chi connectivity index (χ4n) is 0.922. The third kappa shape index (κ3) is 1.59. The molecule has 1 aromatic heterocycles. The number of aliphatic hydroxyl groups excluding tert-OH is 1. The Hall–Kier alpha value is -1.43. The topological polar surface area (TPSA) is 81.2 Å². The van der Waals surface area contributed by atoms with Gasteiger partial charge < -0.3 is 15.2 Å². The lowest BCUT2D eigenvalue weighted by atomic mass is 10.4. The van der Waals surface area contributed by atoms with Crippen molar-refractivity contribution in [2.75, 3.05) is 6.61 Å². The van der Waals surface area contributed by atoms with Crippen molar-refractivity contribution in [2.24, 2.45) is 7.05 Å². The van der Waals surface area contributed by atoms with E-state index in [1.165, 1.54) is 10.8 Å². The number of nitro groups is 1. The van der Waals surface area contributed by atoms with E-state index in [9.17, 15) is 10.1 Å². The number of rotatable bonds is 3. The van der Waals surface area contributed by atoms with E-state index in [1.807, 2.05) is 0 Å². The molecular weight excluding hydrogens is 162 g/mol. The summed E-state index contributed by atoms with van der Waals surface area (Å²) < 4.78 is 1.32. The Morgan fingerprint density at radius 2 is 2.50 bits per heavy atom. The SMILES string of the molecule is Cn1cc(CCO)nc1[N+](=O)[O-]. The van der Waals surface area contributed by atoms with E-state index < -0.39 is 4.92 Å². The second kappa shape index (κ2) is 3.31. The molecule has 0 spiro atoms. The minimum atomic E-state index is -0.555. The highest BCUT2D eigenvalue weighted by Gasteiger charge is 2.15. The summed E-state index contributed by atoms with van der Waals surface area (Å²) in [5, 5.41) is 18.8. The molecule has 1 aromatic rings. The molecule has 0 aliphatic rings. The molecule has 6 heteroatoms. The average molecular weight is 171 g/mol. The minimum absolute atomic E-state index is 0.0475. The first-order chi connectivity index (χ1) is 5.65. The molecule has 1 rings (SSSR count). The van der Waals surface area contributed by atoms with Crippen LogP contribution in [0.25, 0.3) is 0 Å². The largest absolute Gasteiger partial charge is 0.434 e. The van der Waals surface area contributed by atoms with Crippen LogP contribution in [0.1, 0.15) is 5.69 Å². The molecule has 0 saturated heterocycles. The second-order valence-corrected chi connectivity index (χ2v) is 2.37. The second-order valence-electron chi connectivity index (χ2n) is 2.37. The van der Waals surface area contributed by atoms with Gasteiger partial charge in [0.25, 0.3) is 0 Å². The Labute approximate surface area is 68.6 Å². The van der Waals surface area contributed by atoms with Gasteiger partial charge in [-0.25, -0.2) is 4.57 Å². The van der Waals surface area contributed by atoms with Gasteiger partial charge in [-0.1, -0.05) is 4.98 Å². The fourth-order valence-corrected chi connectivity index (χ4v) is 0.922. The highest BCUT2D eigenvalue weighted by atomic mass is 16.6. The standard InChI is InChI=1S/C6H9N3O3/c1-8-4-5(2-3-10)7-6(8)9(11)12/h4,10H,2-3H2,1H3.